The molecule has 0 saturated carbocycles. The number of hydrogen-bond acceptors (Lipinski definition) is 6. The molecule has 1 saturated heterocycles. The summed E-state index contributed by atoms with van der Waals surface area (Å²) < 4.78 is 38.4. The van der Waals surface area contributed by atoms with E-state index in [2.05, 4.69) is 45.3 Å². The second-order valence-corrected chi connectivity index (χ2v) is 10.2. The molecule has 1 aliphatic heterocycles. The highest BCUT2D eigenvalue weighted by Crippen LogP contribution is 2.33. The van der Waals surface area contributed by atoms with Crippen molar-refractivity contribution in [1.82, 2.24) is 14.9 Å². The van der Waals surface area contributed by atoms with Gasteiger partial charge in [-0.05, 0) is 54.2 Å². The van der Waals surface area contributed by atoms with E-state index < -0.39 is 12.6 Å². The largest absolute Gasteiger partial charge is 0.393 e. The van der Waals surface area contributed by atoms with Crippen LogP contribution in [0.15, 0.2) is 30.1 Å². The Kier molecular flexibility index (Phi) is 6.04. The third-order valence-electron chi connectivity index (χ3n) is 6.50. The van der Waals surface area contributed by atoms with Crippen LogP contribution in [-0.4, -0.2) is 40.2 Å². The van der Waals surface area contributed by atoms with Crippen LogP contribution in [0.4, 0.5) is 19.0 Å². The van der Waals surface area contributed by atoms with Crippen molar-refractivity contribution in [1.29, 1.82) is 5.26 Å². The molecule has 0 radical (unpaired) electrons. The summed E-state index contributed by atoms with van der Waals surface area (Å²) in [4.78, 5) is 11.7. The predicted octanol–water partition coefficient (Wildman–Crippen LogP) is 5.64. The summed E-state index contributed by atoms with van der Waals surface area (Å²) in [5.74, 6) is 0.613. The molecule has 176 valence electrons. The van der Waals surface area contributed by atoms with Gasteiger partial charge in [-0.25, -0.2) is 9.97 Å². The van der Waals surface area contributed by atoms with E-state index in [0.29, 0.717) is 16.0 Å². The van der Waals surface area contributed by atoms with E-state index in [4.69, 9.17) is 0 Å². The van der Waals surface area contributed by atoms with Crippen LogP contribution in [0.1, 0.15) is 40.0 Å². The molecule has 1 aliphatic carbocycles. The fourth-order valence-electron chi connectivity index (χ4n) is 4.88. The van der Waals surface area contributed by atoms with E-state index in [1.54, 1.807) is 6.07 Å². The minimum atomic E-state index is -4.24. The summed E-state index contributed by atoms with van der Waals surface area (Å²) >= 11 is 1.07. The fourth-order valence-corrected chi connectivity index (χ4v) is 5.90. The number of likely N-dealkylation sites (tertiary alicyclic amines) is 1. The van der Waals surface area contributed by atoms with Crippen LogP contribution in [0.3, 0.4) is 0 Å². The van der Waals surface area contributed by atoms with E-state index in [0.717, 1.165) is 61.4 Å². The third kappa shape index (κ3) is 4.93. The number of aromatic nitrogens is 2. The van der Waals surface area contributed by atoms with Crippen LogP contribution in [0.2, 0.25) is 0 Å². The molecule has 3 aromatic rings. The Labute approximate surface area is 199 Å². The maximum atomic E-state index is 12.8. The summed E-state index contributed by atoms with van der Waals surface area (Å²) in [6, 6.07) is 8.47. The Bertz CT molecular complexity index is 1300. The lowest BCUT2D eigenvalue weighted by Crippen LogP contribution is -2.38. The lowest BCUT2D eigenvalue weighted by atomic mass is 9.98. The number of nitrogens with one attached hydrogen (secondary N) is 1. The SMILES string of the molecule is Cc1cc(CN2CCC(Nc3ncnc4sc(CC(F)(F)F)cc34)CC2)cc2c1CC(C#N)=C2. The molecule has 1 aromatic carbocycles. The fraction of sp³-hybridized carbons (Fsp3) is 0.400. The number of anilines is 1. The number of thiophene rings is 1. The Balaban J connectivity index is 1.21. The molecule has 0 spiro atoms. The molecule has 1 N–H and O–H groups in total. The standard InChI is InChI=1S/C25H24F3N5S/c1-15-6-17(8-18-7-16(12-29)9-21(15)18)13-33-4-2-19(3-5-33)32-23-22-10-20(11-25(26,27)28)34-24(22)31-14-30-23/h6-8,10,14,19H,2-5,9,11,13H2,1H3,(H,30,31,32). The Morgan fingerprint density at radius 1 is 1.21 bits per heavy atom. The van der Waals surface area contributed by atoms with Crippen molar-refractivity contribution in [2.45, 2.75) is 51.4 Å². The molecule has 1 fully saturated rings. The number of hydrogen-bond donors (Lipinski definition) is 1. The van der Waals surface area contributed by atoms with Gasteiger partial charge in [0, 0.05) is 42.5 Å². The predicted molar refractivity (Wildman–Crippen MR) is 128 cm³/mol. The molecule has 0 atom stereocenters. The number of benzene rings is 1. The molecular formula is C25H24F3N5S. The monoisotopic (exact) mass is 483 g/mol. The number of aryl methyl sites for hydroxylation is 1. The third-order valence-corrected chi connectivity index (χ3v) is 7.54. The summed E-state index contributed by atoms with van der Waals surface area (Å²) in [7, 11) is 0. The second kappa shape index (κ2) is 9.01. The number of alkyl halides is 3. The van der Waals surface area contributed by atoms with Gasteiger partial charge in [0.15, 0.2) is 0 Å². The van der Waals surface area contributed by atoms with Crippen molar-refractivity contribution in [3.05, 3.63) is 57.2 Å². The number of allylic oxidation sites excluding steroid dienone is 1. The molecule has 9 heteroatoms. The molecule has 0 unspecified atom stereocenters. The van der Waals surface area contributed by atoms with Gasteiger partial charge < -0.3 is 5.32 Å². The van der Waals surface area contributed by atoms with Crippen LogP contribution in [-0.2, 0) is 19.4 Å². The van der Waals surface area contributed by atoms with Gasteiger partial charge in [0.1, 0.15) is 17.0 Å². The minimum absolute atomic E-state index is 0.211. The molecule has 5 nitrogen and oxygen atoms in total. The molecule has 0 bridgehead atoms. The molecular weight excluding hydrogens is 459 g/mol. The van der Waals surface area contributed by atoms with Crippen molar-refractivity contribution in [3.8, 4) is 6.07 Å². The van der Waals surface area contributed by atoms with Crippen LogP contribution in [0.5, 0.6) is 0 Å². The summed E-state index contributed by atoms with van der Waals surface area (Å²) in [5.41, 5.74) is 5.73. The smallest absolute Gasteiger partial charge is 0.367 e. The van der Waals surface area contributed by atoms with Crippen molar-refractivity contribution >= 4 is 33.4 Å². The van der Waals surface area contributed by atoms with Gasteiger partial charge in [-0.3, -0.25) is 4.90 Å². The molecule has 2 aliphatic rings. The Hall–Kier alpha value is -2.96. The topological polar surface area (TPSA) is 64.8 Å². The van der Waals surface area contributed by atoms with Crippen LogP contribution >= 0.6 is 11.3 Å². The lowest BCUT2D eigenvalue weighted by molar-refractivity contribution is -0.126. The number of nitrogens with zero attached hydrogens (tertiary/aromatic N) is 4. The first kappa shape index (κ1) is 22.8. The average Bonchev–Trinajstić information content (AvgIpc) is 3.38. The lowest BCUT2D eigenvalue weighted by Gasteiger charge is -2.32. The van der Waals surface area contributed by atoms with Gasteiger partial charge in [-0.2, -0.15) is 18.4 Å². The number of nitriles is 1. The minimum Gasteiger partial charge on any atom is -0.367 e. The molecule has 2 aromatic heterocycles. The number of halogens is 3. The second-order valence-electron chi connectivity index (χ2n) is 9.08. The van der Waals surface area contributed by atoms with Crippen molar-refractivity contribution in [2.75, 3.05) is 18.4 Å². The Morgan fingerprint density at radius 3 is 2.74 bits per heavy atom. The first-order valence-electron chi connectivity index (χ1n) is 11.3. The Morgan fingerprint density at radius 2 is 2.00 bits per heavy atom. The molecule has 0 amide bonds. The van der Waals surface area contributed by atoms with E-state index in [9.17, 15) is 18.4 Å². The van der Waals surface area contributed by atoms with Crippen LogP contribution < -0.4 is 5.32 Å². The van der Waals surface area contributed by atoms with Crippen molar-refractivity contribution < 1.29 is 13.2 Å². The van der Waals surface area contributed by atoms with E-state index in [1.165, 1.54) is 23.0 Å². The summed E-state index contributed by atoms with van der Waals surface area (Å²) in [6.45, 7) is 4.81. The summed E-state index contributed by atoms with van der Waals surface area (Å²) in [5, 5.41) is 13.3. The molecule has 5 rings (SSSR count). The highest BCUT2D eigenvalue weighted by Gasteiger charge is 2.29. The zero-order valence-corrected chi connectivity index (χ0v) is 19.6. The highest BCUT2D eigenvalue weighted by molar-refractivity contribution is 7.18. The first-order valence-corrected chi connectivity index (χ1v) is 12.1. The normalized spacial score (nSPS) is 17.0. The quantitative estimate of drug-likeness (QED) is 0.509. The van der Waals surface area contributed by atoms with Gasteiger partial charge in [0.25, 0.3) is 0 Å². The van der Waals surface area contributed by atoms with Crippen LogP contribution in [0.25, 0.3) is 16.3 Å². The van der Waals surface area contributed by atoms with Gasteiger partial charge in [0.2, 0.25) is 0 Å². The number of piperidine rings is 1. The van der Waals surface area contributed by atoms with Crippen molar-refractivity contribution in [2.24, 2.45) is 0 Å². The first-order chi connectivity index (χ1) is 16.3. The van der Waals surface area contributed by atoms with Gasteiger partial charge in [-0.1, -0.05) is 12.1 Å². The average molecular weight is 484 g/mol. The van der Waals surface area contributed by atoms with E-state index in [-0.39, 0.29) is 10.9 Å². The maximum Gasteiger partial charge on any atom is 0.393 e. The van der Waals surface area contributed by atoms with Crippen LogP contribution in [0, 0.1) is 18.3 Å². The highest BCUT2D eigenvalue weighted by atomic mass is 32.1. The van der Waals surface area contributed by atoms with Gasteiger partial charge >= 0.3 is 6.18 Å². The van der Waals surface area contributed by atoms with Gasteiger partial charge in [-0.15, -0.1) is 11.3 Å². The zero-order chi connectivity index (χ0) is 23.9. The zero-order valence-electron chi connectivity index (χ0n) is 18.7. The van der Waals surface area contributed by atoms with Crippen molar-refractivity contribution in [3.63, 3.8) is 0 Å². The number of rotatable bonds is 5. The molecule has 34 heavy (non-hydrogen) atoms. The van der Waals surface area contributed by atoms with E-state index >= 15 is 0 Å². The number of fused-ring (bicyclic) bond motifs is 2. The summed E-state index contributed by atoms with van der Waals surface area (Å²) in [6.07, 6.45) is 0.807. The van der Waals surface area contributed by atoms with E-state index in [1.807, 2.05) is 6.08 Å². The molecule has 3 heterocycles. The van der Waals surface area contributed by atoms with Gasteiger partial charge in [0.05, 0.1) is 17.9 Å². The maximum absolute atomic E-state index is 12.8.